The number of aryl methyl sites for hydroxylation is 1. The maximum absolute atomic E-state index is 6.05. The zero-order valence-electron chi connectivity index (χ0n) is 25.6. The van der Waals surface area contributed by atoms with Gasteiger partial charge in [-0.15, -0.1) is 0 Å². The minimum absolute atomic E-state index is 0.000322. The number of ether oxygens (including phenoxy) is 3. The van der Waals surface area contributed by atoms with Crippen LogP contribution in [0.2, 0.25) is 0 Å². The lowest BCUT2D eigenvalue weighted by Crippen LogP contribution is -2.26. The third-order valence-corrected chi connectivity index (χ3v) is 7.26. The Balaban J connectivity index is 1.48. The Kier molecular flexibility index (Phi) is 19.8. The summed E-state index contributed by atoms with van der Waals surface area (Å²) in [6.07, 6.45) is 26.6. The van der Waals surface area contributed by atoms with Crippen molar-refractivity contribution in [3.63, 3.8) is 0 Å². The minimum Gasteiger partial charge on any atom is -0.379 e. The van der Waals surface area contributed by atoms with Crippen molar-refractivity contribution in [2.45, 2.75) is 129 Å². The van der Waals surface area contributed by atoms with Gasteiger partial charge in [-0.25, -0.2) is 9.13 Å². The first kappa shape index (κ1) is 33.5. The Morgan fingerprint density at radius 3 is 1.95 bits per heavy atom. The van der Waals surface area contributed by atoms with Gasteiger partial charge in [0.15, 0.2) is 0 Å². The van der Waals surface area contributed by atoms with Gasteiger partial charge in [0.25, 0.3) is 0 Å². The van der Waals surface area contributed by atoms with Crippen molar-refractivity contribution in [1.29, 1.82) is 0 Å². The Morgan fingerprint density at radius 2 is 1.33 bits per heavy atom. The second-order valence-electron chi connectivity index (χ2n) is 11.3. The van der Waals surface area contributed by atoms with Gasteiger partial charge in [0.05, 0.1) is 26.9 Å². The van der Waals surface area contributed by atoms with Crippen molar-refractivity contribution in [2.75, 3.05) is 26.4 Å². The van der Waals surface area contributed by atoms with Gasteiger partial charge >= 0.3 is 0 Å². The molecular weight excluding hydrogens is 484 g/mol. The lowest BCUT2D eigenvalue weighted by molar-refractivity contribution is -0.671. The van der Waals surface area contributed by atoms with Crippen molar-refractivity contribution >= 4 is 0 Å². The Labute approximate surface area is 240 Å². The minimum atomic E-state index is -0.000322. The number of hydrogen-bond donors (Lipinski definition) is 0. The Morgan fingerprint density at radius 1 is 0.718 bits per heavy atom. The predicted molar refractivity (Wildman–Crippen MR) is 162 cm³/mol. The van der Waals surface area contributed by atoms with Gasteiger partial charge in [0, 0.05) is 13.2 Å². The van der Waals surface area contributed by atoms with Gasteiger partial charge in [-0.3, -0.25) is 0 Å². The fraction of sp³-hybridized carbons (Fsp3) is 0.735. The van der Waals surface area contributed by atoms with Crippen LogP contribution < -0.4 is 4.57 Å². The molecule has 2 rings (SSSR count). The first-order chi connectivity index (χ1) is 19.2. The Bertz CT molecular complexity index is 822. The zero-order valence-corrected chi connectivity index (χ0v) is 25.6. The molecule has 0 saturated heterocycles. The van der Waals surface area contributed by atoms with E-state index in [-0.39, 0.29) is 6.10 Å². The molecule has 5 nitrogen and oxygen atoms in total. The van der Waals surface area contributed by atoms with Crippen molar-refractivity contribution in [3.05, 3.63) is 54.1 Å². The van der Waals surface area contributed by atoms with Crippen LogP contribution in [0.1, 0.15) is 121 Å². The first-order valence-electron chi connectivity index (χ1n) is 16.1. The SMILES string of the molecule is CCCCCCCCCCCCCCCCOCC(COCc1cccc(Cn2cc[n+](C)c2)c1)OCCC. The van der Waals surface area contributed by atoms with E-state index in [0.717, 1.165) is 32.6 Å². The number of imidazole rings is 1. The second kappa shape index (κ2) is 23.1. The van der Waals surface area contributed by atoms with Crippen molar-refractivity contribution < 1.29 is 18.8 Å². The Hall–Kier alpha value is -1.69. The molecule has 0 N–H and O–H groups in total. The van der Waals surface area contributed by atoms with Crippen LogP contribution in [-0.4, -0.2) is 37.1 Å². The van der Waals surface area contributed by atoms with E-state index in [1.807, 2.05) is 7.05 Å². The summed E-state index contributed by atoms with van der Waals surface area (Å²) in [7, 11) is 2.04. The summed E-state index contributed by atoms with van der Waals surface area (Å²) in [5.74, 6) is 0. The molecule has 0 aliphatic heterocycles. The molecule has 1 heterocycles. The van der Waals surface area contributed by atoms with Gasteiger partial charge in [-0.05, 0) is 30.0 Å². The summed E-state index contributed by atoms with van der Waals surface area (Å²) < 4.78 is 22.3. The molecule has 0 spiro atoms. The lowest BCUT2D eigenvalue weighted by Gasteiger charge is -2.18. The van der Waals surface area contributed by atoms with Crippen LogP contribution >= 0.6 is 0 Å². The van der Waals surface area contributed by atoms with Crippen LogP contribution in [0.15, 0.2) is 43.0 Å². The predicted octanol–water partition coefficient (Wildman–Crippen LogP) is 8.17. The number of unbranched alkanes of at least 4 members (excludes halogenated alkanes) is 13. The van der Waals surface area contributed by atoms with Crippen LogP contribution in [0.3, 0.4) is 0 Å². The third kappa shape index (κ3) is 17.6. The number of hydrogen-bond acceptors (Lipinski definition) is 3. The van der Waals surface area contributed by atoms with Crippen LogP contribution in [0.5, 0.6) is 0 Å². The molecule has 5 heteroatoms. The summed E-state index contributed by atoms with van der Waals surface area (Å²) in [5.41, 5.74) is 2.48. The highest BCUT2D eigenvalue weighted by atomic mass is 16.6. The van der Waals surface area contributed by atoms with E-state index >= 15 is 0 Å². The molecule has 1 aromatic carbocycles. The highest BCUT2D eigenvalue weighted by Gasteiger charge is 2.10. The molecule has 0 aliphatic rings. The van der Waals surface area contributed by atoms with E-state index in [9.17, 15) is 0 Å². The van der Waals surface area contributed by atoms with Gasteiger partial charge in [-0.2, -0.15) is 0 Å². The van der Waals surface area contributed by atoms with E-state index in [2.05, 4.69) is 66.0 Å². The standard InChI is InChI=1S/C34H59N2O3/c1-4-6-7-8-9-10-11-12-13-14-15-16-17-18-25-37-29-34(39-24-5-2)30-38-28-33-21-19-20-32(26-33)27-36-23-22-35(3)31-36/h19-23,26,31,34H,4-18,24-25,27-30H2,1-3H3/q+1. The molecular formula is C34H59N2O3+. The van der Waals surface area contributed by atoms with Crippen molar-refractivity contribution in [2.24, 2.45) is 7.05 Å². The van der Waals surface area contributed by atoms with E-state index in [4.69, 9.17) is 14.2 Å². The highest BCUT2D eigenvalue weighted by Crippen LogP contribution is 2.13. The summed E-state index contributed by atoms with van der Waals surface area (Å²) in [5, 5.41) is 0. The van der Waals surface area contributed by atoms with Gasteiger partial charge in [0.1, 0.15) is 25.0 Å². The molecule has 0 bridgehead atoms. The molecule has 222 valence electrons. The largest absolute Gasteiger partial charge is 0.379 e. The fourth-order valence-electron chi connectivity index (χ4n) is 4.97. The molecule has 1 aromatic heterocycles. The van der Waals surface area contributed by atoms with E-state index < -0.39 is 0 Å². The first-order valence-corrected chi connectivity index (χ1v) is 16.1. The molecule has 0 amide bonds. The van der Waals surface area contributed by atoms with Crippen molar-refractivity contribution in [1.82, 2.24) is 4.57 Å². The highest BCUT2D eigenvalue weighted by molar-refractivity contribution is 5.23. The van der Waals surface area contributed by atoms with Crippen molar-refractivity contribution in [3.8, 4) is 0 Å². The summed E-state index contributed by atoms with van der Waals surface area (Å²) in [6, 6.07) is 8.64. The summed E-state index contributed by atoms with van der Waals surface area (Å²) in [4.78, 5) is 0. The average molecular weight is 544 g/mol. The number of nitrogens with zero attached hydrogens (tertiary/aromatic N) is 2. The molecule has 0 fully saturated rings. The molecule has 0 aliphatic carbocycles. The van der Waals surface area contributed by atoms with Crippen LogP contribution in [-0.2, 0) is 34.4 Å². The monoisotopic (exact) mass is 543 g/mol. The van der Waals surface area contributed by atoms with Gasteiger partial charge in [0.2, 0.25) is 6.33 Å². The molecule has 0 radical (unpaired) electrons. The van der Waals surface area contributed by atoms with E-state index in [1.54, 1.807) is 0 Å². The maximum Gasteiger partial charge on any atom is 0.243 e. The molecule has 39 heavy (non-hydrogen) atoms. The lowest BCUT2D eigenvalue weighted by atomic mass is 10.0. The van der Waals surface area contributed by atoms with Crippen LogP contribution in [0, 0.1) is 0 Å². The topological polar surface area (TPSA) is 36.5 Å². The molecule has 1 atom stereocenters. The summed E-state index contributed by atoms with van der Waals surface area (Å²) in [6.45, 7) is 8.65. The average Bonchev–Trinajstić information content (AvgIpc) is 3.35. The fourth-order valence-corrected chi connectivity index (χ4v) is 4.97. The van der Waals surface area contributed by atoms with Gasteiger partial charge < -0.3 is 14.2 Å². The van der Waals surface area contributed by atoms with Gasteiger partial charge in [-0.1, -0.05) is 116 Å². The third-order valence-electron chi connectivity index (χ3n) is 7.26. The number of rotatable bonds is 26. The molecule has 2 aromatic rings. The van der Waals surface area contributed by atoms with Crippen LogP contribution in [0.4, 0.5) is 0 Å². The maximum atomic E-state index is 6.05. The van der Waals surface area contributed by atoms with E-state index in [0.29, 0.717) is 19.8 Å². The second-order valence-corrected chi connectivity index (χ2v) is 11.3. The smallest absolute Gasteiger partial charge is 0.243 e. The number of aromatic nitrogens is 2. The normalized spacial score (nSPS) is 12.3. The number of benzene rings is 1. The molecule has 1 unspecified atom stereocenters. The zero-order chi connectivity index (χ0) is 27.8. The van der Waals surface area contributed by atoms with E-state index in [1.165, 1.54) is 94.6 Å². The van der Waals surface area contributed by atoms with Crippen LogP contribution in [0.25, 0.3) is 0 Å². The summed E-state index contributed by atoms with van der Waals surface area (Å²) >= 11 is 0. The quantitative estimate of drug-likeness (QED) is 0.0887. The molecule has 0 saturated carbocycles.